The largest absolute Gasteiger partial charge is 0.451 e. The second kappa shape index (κ2) is 11.3. The molecule has 0 aliphatic rings. The maximum Gasteiger partial charge on any atom is 0.359 e. The molecule has 2 amide bonds. The number of hydrogen-bond acceptors (Lipinski definition) is 6. The smallest absolute Gasteiger partial charge is 0.359 e. The summed E-state index contributed by atoms with van der Waals surface area (Å²) in [4.78, 5) is 50.3. The molecule has 0 bridgehead atoms. The van der Waals surface area contributed by atoms with Gasteiger partial charge < -0.3 is 15.4 Å². The Hall–Kier alpha value is -4.79. The van der Waals surface area contributed by atoms with Crippen LogP contribution in [0, 0.1) is 13.8 Å². The highest BCUT2D eigenvalue weighted by atomic mass is 16.5. The molecule has 0 saturated heterocycles. The zero-order valence-corrected chi connectivity index (χ0v) is 20.5. The van der Waals surface area contributed by atoms with Crippen LogP contribution in [-0.2, 0) is 20.9 Å². The molecule has 0 fully saturated rings. The lowest BCUT2D eigenvalue weighted by atomic mass is 10.1. The number of aromatic nitrogens is 2. The molecular weight excluding hydrogens is 472 g/mol. The van der Waals surface area contributed by atoms with Gasteiger partial charge in [-0.15, -0.1) is 0 Å². The molecule has 0 atom stereocenters. The van der Waals surface area contributed by atoms with Crippen LogP contribution in [0.2, 0.25) is 0 Å². The number of benzene rings is 3. The molecule has 0 unspecified atom stereocenters. The molecule has 9 heteroatoms. The van der Waals surface area contributed by atoms with Crippen LogP contribution < -0.4 is 16.2 Å². The van der Waals surface area contributed by atoms with Crippen LogP contribution in [0.25, 0.3) is 10.8 Å². The first kappa shape index (κ1) is 25.3. The predicted octanol–water partition coefficient (Wildman–Crippen LogP) is 2.97. The summed E-state index contributed by atoms with van der Waals surface area (Å²) in [6.07, 6.45) is 0. The second-order valence-electron chi connectivity index (χ2n) is 8.49. The van der Waals surface area contributed by atoms with E-state index in [1.54, 1.807) is 30.3 Å². The number of rotatable bonds is 8. The Balaban J connectivity index is 1.41. The van der Waals surface area contributed by atoms with Gasteiger partial charge in [-0.3, -0.25) is 14.4 Å². The van der Waals surface area contributed by atoms with Gasteiger partial charge in [0.15, 0.2) is 12.3 Å². The van der Waals surface area contributed by atoms with E-state index in [-0.39, 0.29) is 24.3 Å². The number of nitrogens with one attached hydrogen (secondary N) is 2. The van der Waals surface area contributed by atoms with E-state index < -0.39 is 24.4 Å². The van der Waals surface area contributed by atoms with Crippen molar-refractivity contribution in [1.82, 2.24) is 15.1 Å². The van der Waals surface area contributed by atoms with Gasteiger partial charge in [0.05, 0.1) is 18.5 Å². The quantitative estimate of drug-likeness (QED) is 0.361. The highest BCUT2D eigenvalue weighted by Gasteiger charge is 2.19. The Labute approximate surface area is 213 Å². The Kier molecular flexibility index (Phi) is 7.73. The molecule has 4 aromatic rings. The zero-order valence-electron chi connectivity index (χ0n) is 20.5. The fourth-order valence-corrected chi connectivity index (χ4v) is 3.76. The van der Waals surface area contributed by atoms with E-state index in [1.165, 1.54) is 4.68 Å². The molecule has 0 saturated carbocycles. The summed E-state index contributed by atoms with van der Waals surface area (Å²) in [6, 6.07) is 21.4. The average Bonchev–Trinajstić information content (AvgIpc) is 2.91. The number of fused-ring (bicyclic) bond motifs is 1. The summed E-state index contributed by atoms with van der Waals surface area (Å²) in [5, 5.41) is 10.1. The van der Waals surface area contributed by atoms with E-state index >= 15 is 0 Å². The van der Waals surface area contributed by atoms with Crippen molar-refractivity contribution < 1.29 is 19.1 Å². The first-order valence-electron chi connectivity index (χ1n) is 11.7. The highest BCUT2D eigenvalue weighted by Crippen LogP contribution is 2.18. The molecule has 0 aliphatic heterocycles. The number of carbonyl (C=O) groups excluding carboxylic acids is 3. The van der Waals surface area contributed by atoms with Gasteiger partial charge in [0.2, 0.25) is 5.91 Å². The van der Waals surface area contributed by atoms with E-state index in [0.717, 1.165) is 16.7 Å². The SMILES string of the molecule is Cc1cccc(NC(=O)CNC(=O)COC(=O)c2nn(Cc3ccccc3)c(=O)c3ccccc23)c1C. The fraction of sp³-hybridized carbons (Fsp3) is 0.179. The summed E-state index contributed by atoms with van der Waals surface area (Å²) in [6.45, 7) is 3.10. The lowest BCUT2D eigenvalue weighted by Gasteiger charge is -2.12. The van der Waals surface area contributed by atoms with E-state index in [1.807, 2.05) is 56.3 Å². The van der Waals surface area contributed by atoms with Crippen molar-refractivity contribution in [2.45, 2.75) is 20.4 Å². The van der Waals surface area contributed by atoms with Gasteiger partial charge in [0, 0.05) is 11.1 Å². The average molecular weight is 499 g/mol. The third-order valence-electron chi connectivity index (χ3n) is 5.90. The number of amides is 2. The van der Waals surface area contributed by atoms with Gasteiger partial charge in [-0.05, 0) is 42.7 Å². The number of aryl methyl sites for hydroxylation is 1. The molecule has 0 aliphatic carbocycles. The van der Waals surface area contributed by atoms with Crippen LogP contribution in [0.5, 0.6) is 0 Å². The molecule has 37 heavy (non-hydrogen) atoms. The maximum absolute atomic E-state index is 12.9. The lowest BCUT2D eigenvalue weighted by molar-refractivity contribution is -0.126. The summed E-state index contributed by atoms with van der Waals surface area (Å²) in [7, 11) is 0. The molecule has 1 heterocycles. The minimum Gasteiger partial charge on any atom is -0.451 e. The minimum atomic E-state index is -0.854. The minimum absolute atomic E-state index is 0.0772. The molecular formula is C28H26N4O5. The first-order valence-corrected chi connectivity index (χ1v) is 11.7. The van der Waals surface area contributed by atoms with Crippen molar-refractivity contribution >= 4 is 34.2 Å². The molecule has 3 aromatic carbocycles. The van der Waals surface area contributed by atoms with Crippen LogP contribution in [0.15, 0.2) is 77.6 Å². The van der Waals surface area contributed by atoms with Crippen molar-refractivity contribution in [3.05, 3.63) is 106 Å². The van der Waals surface area contributed by atoms with Crippen molar-refractivity contribution in [3.8, 4) is 0 Å². The van der Waals surface area contributed by atoms with Gasteiger partial charge in [0.25, 0.3) is 11.5 Å². The van der Waals surface area contributed by atoms with Crippen molar-refractivity contribution in [3.63, 3.8) is 0 Å². The molecule has 0 spiro atoms. The van der Waals surface area contributed by atoms with Gasteiger partial charge in [-0.25, -0.2) is 9.48 Å². The van der Waals surface area contributed by atoms with Crippen LogP contribution in [0.3, 0.4) is 0 Å². The first-order chi connectivity index (χ1) is 17.8. The topological polar surface area (TPSA) is 119 Å². The van der Waals surface area contributed by atoms with Crippen LogP contribution >= 0.6 is 0 Å². The lowest BCUT2D eigenvalue weighted by Crippen LogP contribution is -2.36. The number of hydrogen-bond donors (Lipinski definition) is 2. The Morgan fingerprint density at radius 3 is 2.32 bits per heavy atom. The van der Waals surface area contributed by atoms with E-state index in [2.05, 4.69) is 15.7 Å². The van der Waals surface area contributed by atoms with Gasteiger partial charge in [-0.1, -0.05) is 60.7 Å². The Morgan fingerprint density at radius 2 is 1.57 bits per heavy atom. The third-order valence-corrected chi connectivity index (χ3v) is 5.90. The monoisotopic (exact) mass is 498 g/mol. The maximum atomic E-state index is 12.9. The van der Waals surface area contributed by atoms with E-state index in [0.29, 0.717) is 16.5 Å². The molecule has 2 N–H and O–H groups in total. The number of anilines is 1. The number of carbonyl (C=O) groups is 3. The van der Waals surface area contributed by atoms with Crippen LogP contribution in [-0.4, -0.2) is 40.7 Å². The zero-order chi connectivity index (χ0) is 26.4. The van der Waals surface area contributed by atoms with Crippen molar-refractivity contribution in [1.29, 1.82) is 0 Å². The van der Waals surface area contributed by atoms with Crippen molar-refractivity contribution in [2.75, 3.05) is 18.5 Å². The third kappa shape index (κ3) is 6.07. The van der Waals surface area contributed by atoms with Crippen LogP contribution in [0.1, 0.15) is 27.2 Å². The van der Waals surface area contributed by atoms with E-state index in [4.69, 9.17) is 4.74 Å². The van der Waals surface area contributed by atoms with Gasteiger partial charge in [-0.2, -0.15) is 5.10 Å². The highest BCUT2D eigenvalue weighted by molar-refractivity contribution is 6.02. The number of ether oxygens (including phenoxy) is 1. The number of esters is 1. The Morgan fingerprint density at radius 1 is 0.865 bits per heavy atom. The fourth-order valence-electron chi connectivity index (χ4n) is 3.76. The standard InChI is InChI=1S/C28H26N4O5/c1-18-9-8-14-23(19(18)2)30-24(33)15-29-25(34)17-37-28(36)26-21-12-6-7-13-22(21)27(35)32(31-26)16-20-10-4-3-5-11-20/h3-14H,15-17H2,1-2H3,(H,29,34)(H,30,33). The summed E-state index contributed by atoms with van der Waals surface area (Å²) in [5.41, 5.74) is 3.05. The number of nitrogens with zero attached hydrogens (tertiary/aromatic N) is 2. The Bertz CT molecular complexity index is 1530. The van der Waals surface area contributed by atoms with Crippen LogP contribution in [0.4, 0.5) is 5.69 Å². The summed E-state index contributed by atoms with van der Waals surface area (Å²) >= 11 is 0. The van der Waals surface area contributed by atoms with E-state index in [9.17, 15) is 19.2 Å². The molecule has 4 rings (SSSR count). The summed E-state index contributed by atoms with van der Waals surface area (Å²) in [5.74, 6) is -1.91. The van der Waals surface area contributed by atoms with Gasteiger partial charge in [0.1, 0.15) is 0 Å². The normalized spacial score (nSPS) is 10.6. The van der Waals surface area contributed by atoms with Crippen molar-refractivity contribution in [2.24, 2.45) is 0 Å². The summed E-state index contributed by atoms with van der Waals surface area (Å²) < 4.78 is 6.37. The predicted molar refractivity (Wildman–Crippen MR) is 139 cm³/mol. The molecule has 188 valence electrons. The molecule has 9 nitrogen and oxygen atoms in total. The molecule has 1 aromatic heterocycles. The second-order valence-corrected chi connectivity index (χ2v) is 8.49. The molecule has 0 radical (unpaired) electrons. The van der Waals surface area contributed by atoms with Gasteiger partial charge >= 0.3 is 5.97 Å².